The molecule has 0 bridgehead atoms. The highest BCUT2D eigenvalue weighted by Gasteiger charge is 2.34. The molecule has 21 heteroatoms. The van der Waals surface area contributed by atoms with Gasteiger partial charge >= 0.3 is 11.9 Å². The third-order valence-electron chi connectivity index (χ3n) is 6.50. The van der Waals surface area contributed by atoms with Crippen molar-refractivity contribution in [3.05, 3.63) is 0 Å². The van der Waals surface area contributed by atoms with Gasteiger partial charge < -0.3 is 63.2 Å². The zero-order valence-corrected chi connectivity index (χ0v) is 27.2. The molecule has 0 unspecified atom stereocenters. The second-order valence-electron chi connectivity index (χ2n) is 10.8. The van der Waals surface area contributed by atoms with Gasteiger partial charge in [0.2, 0.25) is 35.4 Å². The SMILES string of the molecule is CC(C)[C@H](NC(=O)[C@@H](NC(=O)[C@@H](N)CCC(=O)O)[C@@H](C)O)C(=O)N[C@@H](CS)C(=O)N[C@@H](C)C(=O)N[C@@H](CO)C(=O)N[C@@H](CO)C(=O)O. The highest BCUT2D eigenvalue weighted by molar-refractivity contribution is 7.80. The minimum Gasteiger partial charge on any atom is -0.481 e. The molecule has 0 fully saturated rings. The Morgan fingerprint density at radius 3 is 1.55 bits per heavy atom. The maximum atomic E-state index is 13.1. The third-order valence-corrected chi connectivity index (χ3v) is 6.86. The van der Waals surface area contributed by atoms with Crippen molar-refractivity contribution in [2.75, 3.05) is 19.0 Å². The number of carboxylic acids is 2. The normalized spacial score (nSPS) is 16.1. The molecule has 0 saturated carbocycles. The number of carboxylic acid groups (broad SMARTS) is 2. The van der Waals surface area contributed by atoms with Gasteiger partial charge in [-0.1, -0.05) is 13.8 Å². The molecule has 13 N–H and O–H groups in total. The number of nitrogens with two attached hydrogens (primary N) is 1. The molecule has 0 aromatic heterocycles. The van der Waals surface area contributed by atoms with Crippen LogP contribution in [0.15, 0.2) is 0 Å². The van der Waals surface area contributed by atoms with Crippen molar-refractivity contribution in [3.8, 4) is 0 Å². The molecule has 0 aliphatic carbocycles. The summed E-state index contributed by atoms with van der Waals surface area (Å²) in [6.07, 6.45) is -2.12. The number of carbonyl (C=O) groups is 8. The average molecular weight is 696 g/mol. The number of hydrogen-bond acceptors (Lipinski definition) is 13. The Labute approximate surface area is 275 Å². The van der Waals surface area contributed by atoms with Gasteiger partial charge in [-0.3, -0.25) is 33.6 Å². The highest BCUT2D eigenvalue weighted by Crippen LogP contribution is 2.06. The number of hydrogen-bond donors (Lipinski definition) is 13. The third kappa shape index (κ3) is 14.9. The van der Waals surface area contributed by atoms with Gasteiger partial charge in [-0.2, -0.15) is 12.6 Å². The Kier molecular flexibility index (Phi) is 19.1. The molecular weight excluding hydrogens is 650 g/mol. The maximum absolute atomic E-state index is 13.1. The molecule has 0 radical (unpaired) electrons. The maximum Gasteiger partial charge on any atom is 0.328 e. The van der Waals surface area contributed by atoms with E-state index in [9.17, 15) is 48.6 Å². The van der Waals surface area contributed by atoms with Gasteiger partial charge in [-0.15, -0.1) is 0 Å². The van der Waals surface area contributed by atoms with Crippen LogP contribution in [0.1, 0.15) is 40.5 Å². The van der Waals surface area contributed by atoms with Gasteiger partial charge in [0.15, 0.2) is 0 Å². The lowest BCUT2D eigenvalue weighted by Gasteiger charge is -2.28. The van der Waals surface area contributed by atoms with Crippen molar-refractivity contribution in [2.45, 2.75) is 88.9 Å². The lowest BCUT2D eigenvalue weighted by molar-refractivity contribution is -0.143. The molecule has 20 nitrogen and oxygen atoms in total. The van der Waals surface area contributed by atoms with E-state index in [1.54, 1.807) is 13.8 Å². The molecule has 268 valence electrons. The summed E-state index contributed by atoms with van der Waals surface area (Å²) in [6, 6.07) is -10.2. The lowest BCUT2D eigenvalue weighted by Crippen LogP contribution is -2.62. The number of aliphatic carboxylic acids is 2. The number of amides is 6. The number of carbonyl (C=O) groups excluding carboxylic acids is 6. The fraction of sp³-hybridized carbons (Fsp3) is 0.692. The van der Waals surface area contributed by atoms with E-state index >= 15 is 0 Å². The van der Waals surface area contributed by atoms with Crippen molar-refractivity contribution >= 4 is 60.0 Å². The summed E-state index contributed by atoms with van der Waals surface area (Å²) in [7, 11) is 0. The zero-order valence-electron chi connectivity index (χ0n) is 26.3. The number of nitrogens with one attached hydrogen (secondary N) is 6. The van der Waals surface area contributed by atoms with E-state index in [0.717, 1.165) is 0 Å². The van der Waals surface area contributed by atoms with Crippen LogP contribution < -0.4 is 37.6 Å². The molecule has 8 atom stereocenters. The van der Waals surface area contributed by atoms with Crippen LogP contribution in [0.3, 0.4) is 0 Å². The average Bonchev–Trinajstić information content (AvgIpc) is 2.99. The minimum absolute atomic E-state index is 0.241. The molecule has 0 spiro atoms. The first-order valence-corrected chi connectivity index (χ1v) is 15.0. The van der Waals surface area contributed by atoms with E-state index in [1.807, 2.05) is 5.32 Å². The van der Waals surface area contributed by atoms with E-state index in [2.05, 4.69) is 39.2 Å². The summed E-state index contributed by atoms with van der Waals surface area (Å²) in [4.78, 5) is 97.9. The van der Waals surface area contributed by atoms with Crippen molar-refractivity contribution in [2.24, 2.45) is 11.7 Å². The van der Waals surface area contributed by atoms with Gasteiger partial charge in [-0.05, 0) is 26.2 Å². The van der Waals surface area contributed by atoms with Crippen molar-refractivity contribution in [1.29, 1.82) is 0 Å². The Morgan fingerprint density at radius 1 is 0.638 bits per heavy atom. The van der Waals surface area contributed by atoms with Crippen LogP contribution >= 0.6 is 12.6 Å². The molecule has 0 aliphatic heterocycles. The Balaban J connectivity index is 5.46. The number of aliphatic hydroxyl groups excluding tert-OH is 3. The monoisotopic (exact) mass is 695 g/mol. The second-order valence-corrected chi connectivity index (χ2v) is 11.2. The lowest BCUT2D eigenvalue weighted by atomic mass is 10.0. The van der Waals surface area contributed by atoms with Gasteiger partial charge in [0, 0.05) is 12.2 Å². The molecule has 0 saturated heterocycles. The number of thiol groups is 1. The smallest absolute Gasteiger partial charge is 0.328 e. The van der Waals surface area contributed by atoms with Crippen LogP contribution in [0, 0.1) is 5.92 Å². The molecular formula is C26H45N7O13S. The molecule has 0 rings (SSSR count). The van der Waals surface area contributed by atoms with E-state index < -0.39 is 121 Å². The molecule has 6 amide bonds. The van der Waals surface area contributed by atoms with E-state index in [4.69, 9.17) is 21.1 Å². The van der Waals surface area contributed by atoms with Crippen molar-refractivity contribution in [3.63, 3.8) is 0 Å². The summed E-state index contributed by atoms with van der Waals surface area (Å²) in [5, 5.41) is 59.6. The van der Waals surface area contributed by atoms with E-state index in [-0.39, 0.29) is 12.2 Å². The predicted octanol–water partition coefficient (Wildman–Crippen LogP) is -5.86. The second kappa shape index (κ2) is 20.9. The zero-order chi connectivity index (χ0) is 36.6. The van der Waals surface area contributed by atoms with Crippen LogP contribution in [0.25, 0.3) is 0 Å². The van der Waals surface area contributed by atoms with Crippen molar-refractivity contribution in [1.82, 2.24) is 31.9 Å². The van der Waals surface area contributed by atoms with Gasteiger partial charge in [-0.25, -0.2) is 4.79 Å². The van der Waals surface area contributed by atoms with E-state index in [0.29, 0.717) is 0 Å². The van der Waals surface area contributed by atoms with Gasteiger partial charge in [0.25, 0.3) is 0 Å². The van der Waals surface area contributed by atoms with Crippen LogP contribution in [-0.4, -0.2) is 140 Å². The largest absolute Gasteiger partial charge is 0.481 e. The molecule has 0 aliphatic rings. The van der Waals surface area contributed by atoms with E-state index in [1.165, 1.54) is 13.8 Å². The fourth-order valence-electron chi connectivity index (χ4n) is 3.64. The first kappa shape index (κ1) is 43.0. The minimum atomic E-state index is -1.70. The first-order chi connectivity index (χ1) is 21.8. The summed E-state index contributed by atoms with van der Waals surface area (Å²) in [6.45, 7) is 3.59. The molecule has 0 aromatic rings. The van der Waals surface area contributed by atoms with Gasteiger partial charge in [0.1, 0.15) is 36.3 Å². The summed E-state index contributed by atoms with van der Waals surface area (Å²) in [5.74, 6) is -9.42. The van der Waals surface area contributed by atoms with Crippen molar-refractivity contribution < 1.29 is 63.9 Å². The van der Waals surface area contributed by atoms with Crippen LogP contribution in [0.5, 0.6) is 0 Å². The first-order valence-electron chi connectivity index (χ1n) is 14.3. The summed E-state index contributed by atoms with van der Waals surface area (Å²) in [5.41, 5.74) is 5.66. The molecule has 0 aromatic carbocycles. The molecule has 47 heavy (non-hydrogen) atoms. The summed E-state index contributed by atoms with van der Waals surface area (Å²) >= 11 is 4.05. The quantitative estimate of drug-likeness (QED) is 0.0498. The molecule has 0 heterocycles. The Morgan fingerprint density at radius 2 is 1.11 bits per heavy atom. The fourth-order valence-corrected chi connectivity index (χ4v) is 3.89. The highest BCUT2D eigenvalue weighted by atomic mass is 32.1. The summed E-state index contributed by atoms with van der Waals surface area (Å²) < 4.78 is 0. The predicted molar refractivity (Wildman–Crippen MR) is 164 cm³/mol. The van der Waals surface area contributed by atoms with Crippen LogP contribution in [0.4, 0.5) is 0 Å². The number of aliphatic hydroxyl groups is 3. The van der Waals surface area contributed by atoms with Crippen LogP contribution in [0.2, 0.25) is 0 Å². The van der Waals surface area contributed by atoms with Gasteiger partial charge in [0.05, 0.1) is 25.4 Å². The topological polar surface area (TPSA) is 336 Å². The Hall–Kier alpha value is -4.05. The Bertz CT molecular complexity index is 1140. The number of rotatable bonds is 21. The standard InChI is InChI=1S/C26H45N7O13S/c1-10(2)18(32-25(44)19(12(4)36)33-21(40)13(27)5-6-17(37)38)24(43)31-16(9-47)23(42)28-11(3)20(39)29-14(7-34)22(41)30-15(8-35)26(45)46/h10-16,18-19,34-36,47H,5-9,27H2,1-4H3,(H,28,42)(H,29,39)(H,30,41)(H,31,43)(H,32,44)(H,33,40)(H,37,38)(H,45,46)/t11-,12+,13-,14-,15-,16-,18-,19-/m0/s1. The van der Waals surface area contributed by atoms with Crippen LogP contribution in [-0.2, 0) is 38.4 Å².